The molecule has 5 nitrogen and oxygen atoms in total. The van der Waals surface area contributed by atoms with E-state index >= 15 is 0 Å². The number of anilines is 1. The molecule has 0 unspecified atom stereocenters. The molecule has 5 heteroatoms. The van der Waals surface area contributed by atoms with Gasteiger partial charge in [0, 0.05) is 50.9 Å². The quantitative estimate of drug-likeness (QED) is 0.888. The molecule has 2 amide bonds. The van der Waals surface area contributed by atoms with Crippen molar-refractivity contribution in [2.24, 2.45) is 0 Å². The molecular weight excluding hydrogens is 338 g/mol. The van der Waals surface area contributed by atoms with E-state index in [-0.39, 0.29) is 11.8 Å². The van der Waals surface area contributed by atoms with Crippen LogP contribution in [0, 0.1) is 0 Å². The van der Waals surface area contributed by atoms with Crippen molar-refractivity contribution in [1.29, 1.82) is 0 Å². The summed E-state index contributed by atoms with van der Waals surface area (Å²) in [5.74, 6) is -0.0737. The van der Waals surface area contributed by atoms with Gasteiger partial charge < -0.3 is 10.2 Å². The van der Waals surface area contributed by atoms with E-state index in [0.29, 0.717) is 11.3 Å². The molecule has 2 aromatic rings. The van der Waals surface area contributed by atoms with Crippen LogP contribution in [0.2, 0.25) is 0 Å². The van der Waals surface area contributed by atoms with Crippen LogP contribution in [-0.2, 0) is 4.79 Å². The minimum atomic E-state index is -0.119. The second-order valence-electron chi connectivity index (χ2n) is 6.66. The number of hydrogen-bond acceptors (Lipinski definition) is 3. The van der Waals surface area contributed by atoms with Crippen molar-refractivity contribution in [1.82, 2.24) is 9.80 Å². The topological polar surface area (TPSA) is 52.7 Å². The lowest BCUT2D eigenvalue weighted by Crippen LogP contribution is -2.48. The number of nitrogens with one attached hydrogen (secondary N) is 1. The van der Waals surface area contributed by atoms with Gasteiger partial charge in [0.05, 0.1) is 0 Å². The van der Waals surface area contributed by atoms with E-state index < -0.39 is 0 Å². The van der Waals surface area contributed by atoms with Crippen molar-refractivity contribution in [2.75, 3.05) is 38.0 Å². The van der Waals surface area contributed by atoms with E-state index in [4.69, 9.17) is 0 Å². The normalized spacial score (nSPS) is 15.1. The number of carbonyl (C=O) groups is 2. The summed E-state index contributed by atoms with van der Waals surface area (Å²) in [7, 11) is 0. The fraction of sp³-hybridized carbons (Fsp3) is 0.273. The summed E-state index contributed by atoms with van der Waals surface area (Å²) in [6, 6.07) is 17.3. The summed E-state index contributed by atoms with van der Waals surface area (Å²) in [5, 5.41) is 2.71. The Morgan fingerprint density at radius 3 is 2.26 bits per heavy atom. The molecule has 1 heterocycles. The van der Waals surface area contributed by atoms with Gasteiger partial charge in [0.25, 0.3) is 5.91 Å². The van der Waals surface area contributed by atoms with Crippen LogP contribution in [-0.4, -0.2) is 54.3 Å². The monoisotopic (exact) mass is 363 g/mol. The van der Waals surface area contributed by atoms with Gasteiger partial charge >= 0.3 is 0 Å². The maximum atomic E-state index is 12.6. The van der Waals surface area contributed by atoms with Crippen LogP contribution in [0.25, 0.3) is 6.08 Å². The fourth-order valence-electron chi connectivity index (χ4n) is 3.12. The number of nitrogens with zero attached hydrogens (tertiary/aromatic N) is 2. The molecule has 0 aromatic heterocycles. The van der Waals surface area contributed by atoms with Crippen LogP contribution < -0.4 is 5.32 Å². The molecule has 2 aromatic carbocycles. The minimum absolute atomic E-state index is 0.0452. The number of piperazine rings is 1. The van der Waals surface area contributed by atoms with Crippen molar-refractivity contribution in [3.63, 3.8) is 0 Å². The molecule has 3 rings (SSSR count). The maximum absolute atomic E-state index is 12.6. The van der Waals surface area contributed by atoms with E-state index in [9.17, 15) is 9.59 Å². The number of amides is 2. The standard InChI is InChI=1S/C22H25N3O2/c1-18(26)23-21-11-9-20(10-12-21)22(27)25-16-14-24(15-17-25)13-5-8-19-6-3-2-4-7-19/h2-12H,13-17H2,1H3,(H,23,26). The third kappa shape index (κ3) is 5.53. The van der Waals surface area contributed by atoms with Gasteiger partial charge in [-0.15, -0.1) is 0 Å². The predicted octanol–water partition coefficient (Wildman–Crippen LogP) is 3.12. The lowest BCUT2D eigenvalue weighted by Gasteiger charge is -2.34. The first-order chi connectivity index (χ1) is 13.1. The van der Waals surface area contributed by atoms with E-state index in [1.165, 1.54) is 12.5 Å². The van der Waals surface area contributed by atoms with Gasteiger partial charge in [-0.2, -0.15) is 0 Å². The second-order valence-corrected chi connectivity index (χ2v) is 6.66. The molecule has 0 spiro atoms. The SMILES string of the molecule is CC(=O)Nc1ccc(C(=O)N2CCN(CC=Cc3ccccc3)CC2)cc1. The van der Waals surface area contributed by atoms with Gasteiger partial charge in [-0.3, -0.25) is 14.5 Å². The minimum Gasteiger partial charge on any atom is -0.336 e. The first-order valence-electron chi connectivity index (χ1n) is 9.23. The van der Waals surface area contributed by atoms with Gasteiger partial charge in [0.15, 0.2) is 0 Å². The highest BCUT2D eigenvalue weighted by Gasteiger charge is 2.21. The summed E-state index contributed by atoms with van der Waals surface area (Å²) in [6.45, 7) is 5.55. The Labute approximate surface area is 160 Å². The Hall–Kier alpha value is -2.92. The third-order valence-corrected chi connectivity index (χ3v) is 4.59. The number of rotatable bonds is 5. The summed E-state index contributed by atoms with van der Waals surface area (Å²) in [5.41, 5.74) is 2.56. The molecule has 0 aliphatic carbocycles. The molecule has 0 saturated carbocycles. The van der Waals surface area contributed by atoms with Crippen LogP contribution in [0.3, 0.4) is 0 Å². The molecule has 1 aliphatic heterocycles. The first kappa shape index (κ1) is 18.9. The fourth-order valence-corrected chi connectivity index (χ4v) is 3.12. The van der Waals surface area contributed by atoms with Crippen LogP contribution in [0.5, 0.6) is 0 Å². The van der Waals surface area contributed by atoms with Crippen LogP contribution in [0.4, 0.5) is 5.69 Å². The van der Waals surface area contributed by atoms with E-state index in [2.05, 4.69) is 34.5 Å². The third-order valence-electron chi connectivity index (χ3n) is 4.59. The van der Waals surface area contributed by atoms with E-state index in [0.717, 1.165) is 32.7 Å². The zero-order valence-corrected chi connectivity index (χ0v) is 15.6. The summed E-state index contributed by atoms with van der Waals surface area (Å²) >= 11 is 0. The number of hydrogen-bond donors (Lipinski definition) is 1. The van der Waals surface area contributed by atoms with Gasteiger partial charge in [0.1, 0.15) is 0 Å². The van der Waals surface area contributed by atoms with Crippen molar-refractivity contribution in [3.8, 4) is 0 Å². The second kappa shape index (κ2) is 9.14. The highest BCUT2D eigenvalue weighted by molar-refractivity contribution is 5.95. The summed E-state index contributed by atoms with van der Waals surface area (Å²) in [4.78, 5) is 28.0. The summed E-state index contributed by atoms with van der Waals surface area (Å²) in [6.07, 6.45) is 4.31. The average Bonchev–Trinajstić information content (AvgIpc) is 2.69. The molecule has 1 fully saturated rings. The smallest absolute Gasteiger partial charge is 0.253 e. The van der Waals surface area contributed by atoms with E-state index in [1.54, 1.807) is 24.3 Å². The Kier molecular flexibility index (Phi) is 6.39. The Bertz CT molecular complexity index is 792. The van der Waals surface area contributed by atoms with Gasteiger partial charge in [-0.25, -0.2) is 0 Å². The highest BCUT2D eigenvalue weighted by atomic mass is 16.2. The molecule has 0 radical (unpaired) electrons. The highest BCUT2D eigenvalue weighted by Crippen LogP contribution is 2.13. The zero-order chi connectivity index (χ0) is 19.1. The average molecular weight is 363 g/mol. The van der Waals surface area contributed by atoms with Crippen LogP contribution in [0.1, 0.15) is 22.8 Å². The molecule has 1 N–H and O–H groups in total. The molecule has 27 heavy (non-hydrogen) atoms. The number of carbonyl (C=O) groups excluding carboxylic acids is 2. The first-order valence-corrected chi connectivity index (χ1v) is 9.23. The van der Waals surface area contributed by atoms with Crippen molar-refractivity contribution >= 4 is 23.6 Å². The predicted molar refractivity (Wildman–Crippen MR) is 109 cm³/mol. The van der Waals surface area contributed by atoms with Crippen molar-refractivity contribution in [3.05, 3.63) is 71.8 Å². The van der Waals surface area contributed by atoms with Gasteiger partial charge in [0.2, 0.25) is 5.91 Å². The summed E-state index contributed by atoms with van der Waals surface area (Å²) < 4.78 is 0. The molecule has 1 saturated heterocycles. The molecule has 0 bridgehead atoms. The maximum Gasteiger partial charge on any atom is 0.253 e. The molecule has 140 valence electrons. The van der Waals surface area contributed by atoms with Gasteiger partial charge in [-0.1, -0.05) is 42.5 Å². The van der Waals surface area contributed by atoms with Crippen molar-refractivity contribution in [2.45, 2.75) is 6.92 Å². The molecular formula is C22H25N3O2. The Morgan fingerprint density at radius 2 is 1.63 bits per heavy atom. The van der Waals surface area contributed by atoms with Gasteiger partial charge in [-0.05, 0) is 29.8 Å². The van der Waals surface area contributed by atoms with Crippen LogP contribution >= 0.6 is 0 Å². The number of benzene rings is 2. The lowest BCUT2D eigenvalue weighted by atomic mass is 10.1. The molecule has 0 atom stereocenters. The van der Waals surface area contributed by atoms with Crippen molar-refractivity contribution < 1.29 is 9.59 Å². The largest absolute Gasteiger partial charge is 0.336 e. The molecule has 1 aliphatic rings. The van der Waals surface area contributed by atoms with Crippen LogP contribution in [0.15, 0.2) is 60.7 Å². The van der Waals surface area contributed by atoms with E-state index in [1.807, 2.05) is 23.1 Å². The Morgan fingerprint density at radius 1 is 0.963 bits per heavy atom. The zero-order valence-electron chi connectivity index (χ0n) is 15.6. The lowest BCUT2D eigenvalue weighted by molar-refractivity contribution is -0.114. The Balaban J connectivity index is 1.47.